The molecule has 1 aliphatic carbocycles. The summed E-state index contributed by atoms with van der Waals surface area (Å²) < 4.78 is 39.3. The zero-order valence-corrected chi connectivity index (χ0v) is 19.8. The molecule has 1 aliphatic heterocycles. The monoisotopic (exact) mass is 498 g/mol. The average Bonchev–Trinajstić information content (AvgIpc) is 2.81. The molecule has 0 N–H and O–H groups in total. The third kappa shape index (κ3) is 5.67. The van der Waals surface area contributed by atoms with Gasteiger partial charge < -0.3 is 4.90 Å². The Balaban J connectivity index is 1.56. The molecule has 1 unspecified atom stereocenters. The van der Waals surface area contributed by atoms with Crippen LogP contribution < -0.4 is 0 Å². The van der Waals surface area contributed by atoms with Gasteiger partial charge in [0.2, 0.25) is 5.91 Å². The van der Waals surface area contributed by atoms with E-state index in [9.17, 15) is 18.0 Å². The summed E-state index contributed by atoms with van der Waals surface area (Å²) in [5, 5.41) is 0.964. The molecule has 0 spiro atoms. The quantitative estimate of drug-likeness (QED) is 0.461. The minimum Gasteiger partial charge on any atom is -0.340 e. The maximum absolute atomic E-state index is 13.1. The lowest BCUT2D eigenvalue weighted by molar-refractivity contribution is -0.138. The van der Waals surface area contributed by atoms with Gasteiger partial charge in [0.25, 0.3) is 0 Å². The zero-order chi connectivity index (χ0) is 23.6. The molecule has 1 saturated carbocycles. The normalized spacial score (nSPS) is 19.5. The molecular weight excluding hydrogens is 472 g/mol. The average molecular weight is 499 g/mol. The van der Waals surface area contributed by atoms with Crippen LogP contribution in [-0.4, -0.2) is 41.9 Å². The Labute approximate surface area is 202 Å². The van der Waals surface area contributed by atoms with E-state index in [2.05, 4.69) is 4.90 Å². The number of carbonyl (C=O) groups is 1. The highest BCUT2D eigenvalue weighted by atomic mass is 35.5. The van der Waals surface area contributed by atoms with Crippen molar-refractivity contribution in [3.05, 3.63) is 69.2 Å². The number of hydrogen-bond acceptors (Lipinski definition) is 2. The molecule has 0 bridgehead atoms. The summed E-state index contributed by atoms with van der Waals surface area (Å²) in [6, 6.07) is 10.1. The SMILES string of the molecule is O=C(C1CCCCC1)N1CCN(C(c2ccc(C(F)(F)F)cc2)c2ccc(Cl)cc2Cl)CC1. The van der Waals surface area contributed by atoms with Crippen LogP contribution in [0, 0.1) is 5.92 Å². The maximum atomic E-state index is 13.1. The van der Waals surface area contributed by atoms with Gasteiger partial charge in [-0.2, -0.15) is 13.2 Å². The largest absolute Gasteiger partial charge is 0.416 e. The van der Waals surface area contributed by atoms with Crippen LogP contribution in [0.1, 0.15) is 54.8 Å². The molecular formula is C25H27Cl2F3N2O. The molecule has 1 atom stereocenters. The van der Waals surface area contributed by atoms with E-state index in [4.69, 9.17) is 23.2 Å². The van der Waals surface area contributed by atoms with Crippen LogP contribution in [0.15, 0.2) is 42.5 Å². The van der Waals surface area contributed by atoms with E-state index in [0.717, 1.165) is 48.9 Å². The van der Waals surface area contributed by atoms with Crippen molar-refractivity contribution < 1.29 is 18.0 Å². The van der Waals surface area contributed by atoms with Crippen molar-refractivity contribution in [3.63, 3.8) is 0 Å². The minimum atomic E-state index is -4.39. The fourth-order valence-corrected chi connectivity index (χ4v) is 5.48. The lowest BCUT2D eigenvalue weighted by atomic mass is 9.88. The number of benzene rings is 2. The van der Waals surface area contributed by atoms with E-state index in [0.29, 0.717) is 36.2 Å². The first-order chi connectivity index (χ1) is 15.7. The summed E-state index contributed by atoms with van der Waals surface area (Å²) in [5.74, 6) is 0.367. The van der Waals surface area contributed by atoms with Crippen LogP contribution >= 0.6 is 23.2 Å². The van der Waals surface area contributed by atoms with Crippen LogP contribution in [0.3, 0.4) is 0 Å². The Bertz CT molecular complexity index is 967. The number of halogens is 5. The first-order valence-corrected chi connectivity index (χ1v) is 12.1. The molecule has 4 rings (SSSR count). The summed E-state index contributed by atoms with van der Waals surface area (Å²) in [7, 11) is 0. The van der Waals surface area contributed by atoms with Crippen LogP contribution in [0.4, 0.5) is 13.2 Å². The summed E-state index contributed by atoms with van der Waals surface area (Å²) in [6.07, 6.45) is 0.968. The molecule has 0 radical (unpaired) electrons. The molecule has 2 aromatic carbocycles. The second-order valence-corrected chi connectivity index (χ2v) is 9.73. The first kappa shape index (κ1) is 24.4. The highest BCUT2D eigenvalue weighted by Gasteiger charge is 2.34. The number of carbonyl (C=O) groups excluding carboxylic acids is 1. The van der Waals surface area contributed by atoms with Gasteiger partial charge in [-0.1, -0.05) is 60.7 Å². The van der Waals surface area contributed by atoms with E-state index in [1.165, 1.54) is 18.6 Å². The number of alkyl halides is 3. The summed E-state index contributed by atoms with van der Waals surface area (Å²) in [5.41, 5.74) is 0.822. The van der Waals surface area contributed by atoms with Gasteiger partial charge in [0.05, 0.1) is 11.6 Å². The van der Waals surface area contributed by atoms with Gasteiger partial charge in [-0.3, -0.25) is 9.69 Å². The van der Waals surface area contributed by atoms with Crippen LogP contribution in [0.2, 0.25) is 10.0 Å². The zero-order valence-electron chi connectivity index (χ0n) is 18.3. The molecule has 0 aromatic heterocycles. The van der Waals surface area contributed by atoms with Crippen molar-refractivity contribution in [2.24, 2.45) is 5.92 Å². The van der Waals surface area contributed by atoms with E-state index in [1.807, 2.05) is 11.0 Å². The Morgan fingerprint density at radius 3 is 2.12 bits per heavy atom. The Morgan fingerprint density at radius 1 is 0.909 bits per heavy atom. The third-order valence-corrected chi connectivity index (χ3v) is 7.32. The maximum Gasteiger partial charge on any atom is 0.416 e. The first-order valence-electron chi connectivity index (χ1n) is 11.4. The summed E-state index contributed by atoms with van der Waals surface area (Å²) in [6.45, 7) is 2.42. The smallest absolute Gasteiger partial charge is 0.340 e. The molecule has 2 fully saturated rings. The number of amides is 1. The Kier molecular flexibility index (Phi) is 7.56. The Hall–Kier alpha value is -1.76. The predicted molar refractivity (Wildman–Crippen MR) is 124 cm³/mol. The van der Waals surface area contributed by atoms with Gasteiger partial charge in [-0.15, -0.1) is 0 Å². The predicted octanol–water partition coefficient (Wildman–Crippen LogP) is 6.83. The van der Waals surface area contributed by atoms with Gasteiger partial charge in [-0.05, 0) is 48.2 Å². The van der Waals surface area contributed by atoms with E-state index in [-0.39, 0.29) is 17.9 Å². The summed E-state index contributed by atoms with van der Waals surface area (Å²) >= 11 is 12.6. The van der Waals surface area contributed by atoms with Gasteiger partial charge in [0.1, 0.15) is 0 Å². The van der Waals surface area contributed by atoms with Crippen molar-refractivity contribution in [2.75, 3.05) is 26.2 Å². The number of piperazine rings is 1. The van der Waals surface area contributed by atoms with Crippen molar-refractivity contribution >= 4 is 29.1 Å². The molecule has 1 saturated heterocycles. The second kappa shape index (κ2) is 10.2. The van der Waals surface area contributed by atoms with Gasteiger partial charge in [0.15, 0.2) is 0 Å². The standard InChI is InChI=1S/C25H27Cl2F3N2O/c26-20-10-11-21(22(27)16-20)23(17-6-8-19(9-7-17)25(28,29)30)31-12-14-32(15-13-31)24(33)18-4-2-1-3-5-18/h6-11,16,18,23H,1-5,12-15H2. The molecule has 2 aliphatic rings. The van der Waals surface area contributed by atoms with E-state index < -0.39 is 11.7 Å². The number of nitrogens with zero attached hydrogens (tertiary/aromatic N) is 2. The fraction of sp³-hybridized carbons (Fsp3) is 0.480. The lowest BCUT2D eigenvalue weighted by Gasteiger charge is -2.41. The highest BCUT2D eigenvalue weighted by molar-refractivity contribution is 6.35. The molecule has 2 aromatic rings. The van der Waals surface area contributed by atoms with Gasteiger partial charge in [-0.25, -0.2) is 0 Å². The topological polar surface area (TPSA) is 23.6 Å². The molecule has 1 heterocycles. The number of hydrogen-bond donors (Lipinski definition) is 0. The molecule has 8 heteroatoms. The Morgan fingerprint density at radius 2 is 1.55 bits per heavy atom. The second-order valence-electron chi connectivity index (χ2n) is 8.88. The van der Waals surface area contributed by atoms with Crippen LogP contribution in [-0.2, 0) is 11.0 Å². The molecule has 178 valence electrons. The minimum absolute atomic E-state index is 0.127. The fourth-order valence-electron chi connectivity index (χ4n) is 4.97. The highest BCUT2D eigenvalue weighted by Crippen LogP contribution is 2.37. The van der Waals surface area contributed by atoms with Crippen LogP contribution in [0.25, 0.3) is 0 Å². The van der Waals surface area contributed by atoms with Crippen molar-refractivity contribution in [1.29, 1.82) is 0 Å². The molecule has 3 nitrogen and oxygen atoms in total. The molecule has 33 heavy (non-hydrogen) atoms. The third-order valence-electron chi connectivity index (χ3n) is 6.76. The van der Waals surface area contributed by atoms with E-state index in [1.54, 1.807) is 12.1 Å². The summed E-state index contributed by atoms with van der Waals surface area (Å²) in [4.78, 5) is 17.1. The lowest BCUT2D eigenvalue weighted by Crippen LogP contribution is -2.51. The van der Waals surface area contributed by atoms with Crippen molar-refractivity contribution in [1.82, 2.24) is 9.80 Å². The van der Waals surface area contributed by atoms with Crippen molar-refractivity contribution in [2.45, 2.75) is 44.3 Å². The van der Waals surface area contributed by atoms with Gasteiger partial charge >= 0.3 is 6.18 Å². The number of rotatable bonds is 4. The van der Waals surface area contributed by atoms with Crippen LogP contribution in [0.5, 0.6) is 0 Å². The van der Waals surface area contributed by atoms with Gasteiger partial charge in [0, 0.05) is 42.1 Å². The molecule has 1 amide bonds. The van der Waals surface area contributed by atoms with Crippen molar-refractivity contribution in [3.8, 4) is 0 Å². The van der Waals surface area contributed by atoms with E-state index >= 15 is 0 Å².